The number of hydrogen-bond donors (Lipinski definition) is 3. The fourth-order valence-electron chi connectivity index (χ4n) is 4.67. The molecule has 1 aliphatic carbocycles. The highest BCUT2D eigenvalue weighted by atomic mass is 32.1. The first-order valence-electron chi connectivity index (χ1n) is 13.0. The van der Waals surface area contributed by atoms with E-state index in [1.165, 1.54) is 18.9 Å². The van der Waals surface area contributed by atoms with Crippen molar-refractivity contribution in [2.45, 2.75) is 50.5 Å². The monoisotopic (exact) mass is 577 g/mol. The number of nitriles is 1. The Balaban J connectivity index is 0.00000220. The smallest absolute Gasteiger partial charge is 0.249 e. The highest BCUT2D eigenvalue weighted by Crippen LogP contribution is 2.39. The van der Waals surface area contributed by atoms with Crippen LogP contribution in [-0.2, 0) is 9.59 Å². The minimum Gasteiger partial charge on any atom is -0.309 e. The summed E-state index contributed by atoms with van der Waals surface area (Å²) in [5.41, 5.74) is 3.78. The highest BCUT2D eigenvalue weighted by molar-refractivity contribution is 7.59. The van der Waals surface area contributed by atoms with Gasteiger partial charge in [0, 0.05) is 42.1 Å². The van der Waals surface area contributed by atoms with E-state index in [1.54, 1.807) is 18.3 Å². The van der Waals surface area contributed by atoms with Crippen LogP contribution in [0.25, 0.3) is 11.1 Å². The number of anilines is 2. The molecule has 3 aromatic rings. The number of carbonyl (C=O) groups is 2. The number of hydrogen-bond acceptors (Lipinski definition) is 6. The van der Waals surface area contributed by atoms with Crippen LogP contribution >= 0.6 is 27.0 Å². The predicted molar refractivity (Wildman–Crippen MR) is 166 cm³/mol. The standard InChI is InChI=1S/C29H31N7O2.2H2S/c1-19(29(38)33-27-16-25(34-35-27)20-9-10-20)21-5-2-6-22(15-21)23-11-12-26(31-18-23)32-28(37)8-4-14-36-13-3-7-24(36)17-30;;/h2,4-6,8,11-12,15-16,18-20,24H,3,7,9-10,13-14H2,1H3,(H,31,32,37)(H2,33,34,35,38);2*1H2/b8-4+;;/t19-,24-;;/m0../s1. The number of aromatic amines is 1. The molecule has 210 valence electrons. The average Bonchev–Trinajstić information content (AvgIpc) is 3.51. The Labute approximate surface area is 248 Å². The molecule has 2 aromatic heterocycles. The molecule has 2 aliphatic rings. The van der Waals surface area contributed by atoms with E-state index in [-0.39, 0.29) is 50.8 Å². The number of carbonyl (C=O) groups excluding carboxylic acids is 2. The van der Waals surface area contributed by atoms with Crippen LogP contribution in [0.1, 0.15) is 55.7 Å². The van der Waals surface area contributed by atoms with Gasteiger partial charge in [0.25, 0.3) is 0 Å². The maximum absolute atomic E-state index is 12.8. The summed E-state index contributed by atoms with van der Waals surface area (Å²) in [6.45, 7) is 3.33. The summed E-state index contributed by atoms with van der Waals surface area (Å²) >= 11 is 0. The third-order valence-corrected chi connectivity index (χ3v) is 7.12. The van der Waals surface area contributed by atoms with Gasteiger partial charge in [-0.2, -0.15) is 37.4 Å². The van der Waals surface area contributed by atoms with Gasteiger partial charge in [0.05, 0.1) is 18.0 Å². The van der Waals surface area contributed by atoms with Crippen LogP contribution in [0.4, 0.5) is 11.6 Å². The van der Waals surface area contributed by atoms with Crippen LogP contribution in [0.2, 0.25) is 0 Å². The summed E-state index contributed by atoms with van der Waals surface area (Å²) in [5, 5.41) is 22.1. The van der Waals surface area contributed by atoms with E-state index in [0.717, 1.165) is 41.8 Å². The number of pyridine rings is 1. The van der Waals surface area contributed by atoms with Crippen molar-refractivity contribution >= 4 is 50.4 Å². The molecule has 11 heteroatoms. The molecular weight excluding hydrogens is 543 g/mol. The van der Waals surface area contributed by atoms with Crippen LogP contribution in [-0.4, -0.2) is 51.0 Å². The third-order valence-electron chi connectivity index (χ3n) is 7.12. The fraction of sp³-hybridized carbons (Fsp3) is 0.345. The Morgan fingerprint density at radius 2 is 1.95 bits per heavy atom. The second-order valence-electron chi connectivity index (χ2n) is 9.92. The van der Waals surface area contributed by atoms with E-state index in [1.807, 2.05) is 43.3 Å². The first-order valence-corrected chi connectivity index (χ1v) is 13.0. The number of aromatic nitrogens is 3. The first kappa shape index (κ1) is 30.9. The van der Waals surface area contributed by atoms with Gasteiger partial charge in [-0.1, -0.05) is 30.3 Å². The Bertz CT molecular complexity index is 1380. The number of likely N-dealkylation sites (tertiary alicyclic amines) is 1. The van der Waals surface area contributed by atoms with E-state index in [2.05, 4.69) is 36.8 Å². The second-order valence-corrected chi connectivity index (χ2v) is 9.92. The lowest BCUT2D eigenvalue weighted by atomic mass is 9.96. The molecule has 0 spiro atoms. The number of benzene rings is 1. The van der Waals surface area contributed by atoms with Crippen LogP contribution in [0.15, 0.2) is 60.8 Å². The van der Waals surface area contributed by atoms with Gasteiger partial charge >= 0.3 is 0 Å². The Hall–Kier alpha value is -3.59. The van der Waals surface area contributed by atoms with Gasteiger partial charge in [-0.25, -0.2) is 4.98 Å². The molecule has 3 N–H and O–H groups in total. The maximum Gasteiger partial charge on any atom is 0.249 e. The minimum absolute atomic E-state index is 0. The summed E-state index contributed by atoms with van der Waals surface area (Å²) in [5.74, 6) is 0.810. The lowest BCUT2D eigenvalue weighted by molar-refractivity contribution is -0.117. The Morgan fingerprint density at radius 1 is 1.12 bits per heavy atom. The van der Waals surface area contributed by atoms with Gasteiger partial charge in [0.1, 0.15) is 5.82 Å². The van der Waals surface area contributed by atoms with Crippen molar-refractivity contribution < 1.29 is 9.59 Å². The van der Waals surface area contributed by atoms with Gasteiger partial charge in [-0.05, 0) is 62.4 Å². The molecule has 5 rings (SSSR count). The van der Waals surface area contributed by atoms with Crippen LogP contribution in [0.5, 0.6) is 0 Å². The summed E-state index contributed by atoms with van der Waals surface area (Å²) in [4.78, 5) is 31.6. The Morgan fingerprint density at radius 3 is 2.67 bits per heavy atom. The van der Waals surface area contributed by atoms with E-state index in [4.69, 9.17) is 5.26 Å². The highest BCUT2D eigenvalue weighted by Gasteiger charge is 2.26. The third kappa shape index (κ3) is 7.75. The molecular formula is C29H35N7O2S2. The fourth-order valence-corrected chi connectivity index (χ4v) is 4.67. The van der Waals surface area contributed by atoms with Gasteiger partial charge in [-0.15, -0.1) is 0 Å². The molecule has 1 saturated carbocycles. The molecule has 0 radical (unpaired) electrons. The van der Waals surface area contributed by atoms with Crippen molar-refractivity contribution in [1.29, 1.82) is 5.26 Å². The largest absolute Gasteiger partial charge is 0.309 e. The van der Waals surface area contributed by atoms with Crippen LogP contribution in [0, 0.1) is 11.3 Å². The van der Waals surface area contributed by atoms with Gasteiger partial charge < -0.3 is 10.6 Å². The zero-order valence-electron chi connectivity index (χ0n) is 22.4. The number of H-pyrrole nitrogens is 1. The van der Waals surface area contributed by atoms with E-state index in [0.29, 0.717) is 24.1 Å². The summed E-state index contributed by atoms with van der Waals surface area (Å²) in [6, 6.07) is 15.6. The second kappa shape index (κ2) is 14.2. The summed E-state index contributed by atoms with van der Waals surface area (Å²) in [6.07, 6.45) is 9.19. The average molecular weight is 578 g/mol. The first-order chi connectivity index (χ1) is 18.5. The Kier molecular flexibility index (Phi) is 11.0. The van der Waals surface area contributed by atoms with Crippen molar-refractivity contribution in [3.63, 3.8) is 0 Å². The zero-order chi connectivity index (χ0) is 26.5. The summed E-state index contributed by atoms with van der Waals surface area (Å²) in [7, 11) is 0. The molecule has 9 nitrogen and oxygen atoms in total. The molecule has 0 bridgehead atoms. The lowest BCUT2D eigenvalue weighted by Crippen LogP contribution is -2.28. The quantitative estimate of drug-likeness (QED) is 0.314. The molecule has 2 fully saturated rings. The molecule has 0 unspecified atom stereocenters. The van der Waals surface area contributed by atoms with E-state index < -0.39 is 0 Å². The van der Waals surface area contributed by atoms with Gasteiger partial charge in [0.15, 0.2) is 5.82 Å². The maximum atomic E-state index is 12.8. The normalized spacial score (nSPS) is 17.4. The SMILES string of the molecule is C[C@H](C(=O)Nc1cc(C2CC2)[nH]n1)c1cccc(-c2ccc(NC(=O)/C=C/CN3CCC[C@H]3C#N)nc2)c1.S.S. The molecule has 1 aliphatic heterocycles. The van der Waals surface area contributed by atoms with Crippen LogP contribution in [0.3, 0.4) is 0 Å². The van der Waals surface area contributed by atoms with E-state index >= 15 is 0 Å². The molecule has 3 heterocycles. The van der Waals surface area contributed by atoms with E-state index in [9.17, 15) is 9.59 Å². The molecule has 2 amide bonds. The van der Waals surface area contributed by atoms with Crippen molar-refractivity contribution in [3.8, 4) is 17.2 Å². The number of nitrogens with zero attached hydrogens (tertiary/aromatic N) is 4. The van der Waals surface area contributed by atoms with Crippen molar-refractivity contribution in [2.75, 3.05) is 23.7 Å². The zero-order valence-corrected chi connectivity index (χ0v) is 24.4. The summed E-state index contributed by atoms with van der Waals surface area (Å²) < 4.78 is 0. The molecule has 2 atom stereocenters. The topological polar surface area (TPSA) is 127 Å². The van der Waals surface area contributed by atoms with Crippen molar-refractivity contribution in [2.24, 2.45) is 0 Å². The van der Waals surface area contributed by atoms with Crippen molar-refractivity contribution in [3.05, 3.63) is 72.1 Å². The minimum atomic E-state index is -0.363. The number of amides is 2. The predicted octanol–water partition coefficient (Wildman–Crippen LogP) is 4.80. The molecule has 1 saturated heterocycles. The van der Waals surface area contributed by atoms with Crippen LogP contribution < -0.4 is 10.6 Å². The molecule has 40 heavy (non-hydrogen) atoms. The van der Waals surface area contributed by atoms with Crippen molar-refractivity contribution in [1.82, 2.24) is 20.1 Å². The van der Waals surface area contributed by atoms with Gasteiger partial charge in [-0.3, -0.25) is 19.6 Å². The molecule has 1 aromatic carbocycles. The number of rotatable bonds is 9. The lowest BCUT2D eigenvalue weighted by Gasteiger charge is -2.15. The number of nitrogens with one attached hydrogen (secondary N) is 3. The van der Waals surface area contributed by atoms with Gasteiger partial charge in [0.2, 0.25) is 11.8 Å².